The minimum absolute atomic E-state index is 0.124. The standard InChI is InChI=1S/C19H16FNO2/c1-11-16(8-12-2-5-14(21)6-3-12)15-7-4-13(20)9-18(15)17(11)10-19(22)23/h2-9H,10,21H2,1H3,(H,22,23)/b16-8-. The van der Waals surface area contributed by atoms with E-state index in [0.29, 0.717) is 16.8 Å². The van der Waals surface area contributed by atoms with Gasteiger partial charge in [0, 0.05) is 5.69 Å². The van der Waals surface area contributed by atoms with Crippen LogP contribution in [0.15, 0.2) is 48.0 Å². The Bertz CT molecular complexity index is 848. The van der Waals surface area contributed by atoms with E-state index in [9.17, 15) is 9.18 Å². The summed E-state index contributed by atoms with van der Waals surface area (Å²) in [5.41, 5.74) is 11.3. The maximum atomic E-state index is 13.6. The Balaban J connectivity index is 2.15. The molecule has 0 saturated carbocycles. The van der Waals surface area contributed by atoms with Crippen molar-refractivity contribution >= 4 is 28.9 Å². The molecule has 1 aliphatic rings. The Morgan fingerprint density at radius 1 is 1.17 bits per heavy atom. The number of aliphatic carboxylic acids is 1. The summed E-state index contributed by atoms with van der Waals surface area (Å²) in [4.78, 5) is 11.1. The van der Waals surface area contributed by atoms with Gasteiger partial charge in [-0.25, -0.2) is 4.39 Å². The highest BCUT2D eigenvalue weighted by molar-refractivity contribution is 6.07. The molecule has 4 heteroatoms. The van der Waals surface area contributed by atoms with Crippen LogP contribution in [0.3, 0.4) is 0 Å². The van der Waals surface area contributed by atoms with Crippen LogP contribution in [0.1, 0.15) is 30.0 Å². The molecule has 116 valence electrons. The minimum Gasteiger partial charge on any atom is -0.481 e. The van der Waals surface area contributed by atoms with E-state index in [1.807, 2.05) is 37.3 Å². The zero-order chi connectivity index (χ0) is 16.6. The third-order valence-electron chi connectivity index (χ3n) is 4.03. The fourth-order valence-electron chi connectivity index (χ4n) is 2.89. The second kappa shape index (κ2) is 5.72. The Morgan fingerprint density at radius 3 is 2.52 bits per heavy atom. The van der Waals surface area contributed by atoms with Crippen LogP contribution in [0.4, 0.5) is 10.1 Å². The maximum Gasteiger partial charge on any atom is 0.307 e. The van der Waals surface area contributed by atoms with Gasteiger partial charge in [0.1, 0.15) is 5.82 Å². The molecular formula is C19H16FNO2. The summed E-state index contributed by atoms with van der Waals surface area (Å²) in [5.74, 6) is -1.29. The Kier molecular flexibility index (Phi) is 3.74. The lowest BCUT2D eigenvalue weighted by atomic mass is 10.0. The summed E-state index contributed by atoms with van der Waals surface area (Å²) in [7, 11) is 0. The van der Waals surface area contributed by atoms with Crippen molar-refractivity contribution in [2.45, 2.75) is 13.3 Å². The number of allylic oxidation sites excluding steroid dienone is 2. The molecule has 0 aromatic heterocycles. The zero-order valence-corrected chi connectivity index (χ0v) is 12.6. The van der Waals surface area contributed by atoms with Gasteiger partial charge < -0.3 is 10.8 Å². The van der Waals surface area contributed by atoms with E-state index in [1.165, 1.54) is 12.1 Å². The first kappa shape index (κ1) is 15.0. The van der Waals surface area contributed by atoms with Gasteiger partial charge in [-0.15, -0.1) is 0 Å². The minimum atomic E-state index is -0.928. The van der Waals surface area contributed by atoms with Crippen molar-refractivity contribution in [3.8, 4) is 0 Å². The molecule has 0 amide bonds. The smallest absolute Gasteiger partial charge is 0.307 e. The average molecular weight is 309 g/mol. The molecule has 1 aliphatic carbocycles. The molecular weight excluding hydrogens is 293 g/mol. The van der Waals surface area contributed by atoms with Gasteiger partial charge in [-0.2, -0.15) is 0 Å². The molecule has 0 atom stereocenters. The van der Waals surface area contributed by atoms with Crippen LogP contribution in [-0.4, -0.2) is 11.1 Å². The van der Waals surface area contributed by atoms with Gasteiger partial charge in [-0.1, -0.05) is 18.2 Å². The Morgan fingerprint density at radius 2 is 1.87 bits per heavy atom. The van der Waals surface area contributed by atoms with Crippen molar-refractivity contribution in [1.82, 2.24) is 0 Å². The zero-order valence-electron chi connectivity index (χ0n) is 12.6. The van der Waals surface area contributed by atoms with Crippen molar-refractivity contribution in [3.05, 3.63) is 70.5 Å². The van der Waals surface area contributed by atoms with Crippen molar-refractivity contribution < 1.29 is 14.3 Å². The second-order valence-electron chi connectivity index (χ2n) is 5.59. The maximum absolute atomic E-state index is 13.6. The number of carboxylic acids is 1. The molecule has 0 spiro atoms. The summed E-state index contributed by atoms with van der Waals surface area (Å²) in [5, 5.41) is 9.13. The predicted octanol–water partition coefficient (Wildman–Crippen LogP) is 4.21. The monoisotopic (exact) mass is 309 g/mol. The van der Waals surface area contributed by atoms with Crippen molar-refractivity contribution in [1.29, 1.82) is 0 Å². The van der Waals surface area contributed by atoms with E-state index in [-0.39, 0.29) is 12.2 Å². The second-order valence-corrected chi connectivity index (χ2v) is 5.59. The van der Waals surface area contributed by atoms with Gasteiger partial charge in [-0.3, -0.25) is 4.79 Å². The summed E-state index contributed by atoms with van der Waals surface area (Å²) in [6, 6.07) is 11.9. The Labute approximate surface area is 133 Å². The van der Waals surface area contributed by atoms with Crippen LogP contribution < -0.4 is 5.73 Å². The average Bonchev–Trinajstić information content (AvgIpc) is 2.74. The van der Waals surface area contributed by atoms with E-state index in [2.05, 4.69) is 0 Å². The summed E-state index contributed by atoms with van der Waals surface area (Å²) >= 11 is 0. The number of benzene rings is 2. The number of halogens is 1. The molecule has 0 unspecified atom stereocenters. The number of carboxylic acid groups (broad SMARTS) is 1. The van der Waals surface area contributed by atoms with Crippen molar-refractivity contribution in [2.75, 3.05) is 5.73 Å². The third-order valence-corrected chi connectivity index (χ3v) is 4.03. The Hall–Kier alpha value is -2.88. The number of nitrogens with two attached hydrogens (primary N) is 1. The fourth-order valence-corrected chi connectivity index (χ4v) is 2.89. The number of fused-ring (bicyclic) bond motifs is 1. The molecule has 0 heterocycles. The number of hydrogen-bond acceptors (Lipinski definition) is 2. The lowest BCUT2D eigenvalue weighted by molar-refractivity contribution is -0.135. The molecule has 3 nitrogen and oxygen atoms in total. The quantitative estimate of drug-likeness (QED) is 0.835. The lowest BCUT2D eigenvalue weighted by Crippen LogP contribution is -1.97. The summed E-state index contributed by atoms with van der Waals surface area (Å²) in [6.07, 6.45) is 1.85. The molecule has 0 aliphatic heterocycles. The van der Waals surface area contributed by atoms with E-state index in [4.69, 9.17) is 10.8 Å². The van der Waals surface area contributed by atoms with Crippen LogP contribution in [0.2, 0.25) is 0 Å². The van der Waals surface area contributed by atoms with E-state index in [1.54, 1.807) is 6.07 Å². The van der Waals surface area contributed by atoms with Crippen molar-refractivity contribution in [2.24, 2.45) is 0 Å². The SMILES string of the molecule is CC1=C(CC(=O)O)c2cc(F)ccc2/C1=C\c1ccc(N)cc1. The number of carbonyl (C=O) groups is 1. The number of hydrogen-bond donors (Lipinski definition) is 2. The van der Waals surface area contributed by atoms with Gasteiger partial charge in [0.2, 0.25) is 0 Å². The van der Waals surface area contributed by atoms with Crippen LogP contribution in [0, 0.1) is 5.82 Å². The van der Waals surface area contributed by atoms with Gasteiger partial charge in [0.05, 0.1) is 6.42 Å². The van der Waals surface area contributed by atoms with Gasteiger partial charge in [0.25, 0.3) is 0 Å². The highest BCUT2D eigenvalue weighted by Crippen LogP contribution is 2.43. The van der Waals surface area contributed by atoms with Crippen LogP contribution in [-0.2, 0) is 4.79 Å². The number of anilines is 1. The van der Waals surface area contributed by atoms with E-state index < -0.39 is 5.97 Å². The normalized spacial score (nSPS) is 15.1. The van der Waals surface area contributed by atoms with Crippen molar-refractivity contribution in [3.63, 3.8) is 0 Å². The van der Waals surface area contributed by atoms with Gasteiger partial charge in [-0.05, 0) is 70.7 Å². The highest BCUT2D eigenvalue weighted by Gasteiger charge is 2.25. The summed E-state index contributed by atoms with van der Waals surface area (Å²) in [6.45, 7) is 1.87. The van der Waals surface area contributed by atoms with Gasteiger partial charge in [0.15, 0.2) is 0 Å². The molecule has 0 saturated heterocycles. The molecule has 0 radical (unpaired) electrons. The highest BCUT2D eigenvalue weighted by atomic mass is 19.1. The van der Waals surface area contributed by atoms with Gasteiger partial charge >= 0.3 is 5.97 Å². The van der Waals surface area contributed by atoms with Crippen LogP contribution in [0.25, 0.3) is 17.2 Å². The first-order valence-electron chi connectivity index (χ1n) is 7.25. The molecule has 2 aromatic carbocycles. The number of nitrogen functional groups attached to an aromatic ring is 1. The van der Waals surface area contributed by atoms with Crippen LogP contribution in [0.5, 0.6) is 0 Å². The molecule has 0 fully saturated rings. The van der Waals surface area contributed by atoms with Crippen LogP contribution >= 0.6 is 0 Å². The third kappa shape index (κ3) is 2.88. The largest absolute Gasteiger partial charge is 0.481 e. The molecule has 2 aromatic rings. The van der Waals surface area contributed by atoms with E-state index >= 15 is 0 Å². The number of rotatable bonds is 3. The first-order valence-corrected chi connectivity index (χ1v) is 7.25. The fraction of sp³-hybridized carbons (Fsp3) is 0.105. The summed E-state index contributed by atoms with van der Waals surface area (Å²) < 4.78 is 13.6. The predicted molar refractivity (Wildman–Crippen MR) is 90.0 cm³/mol. The lowest BCUT2D eigenvalue weighted by Gasteiger charge is -2.04. The molecule has 0 bridgehead atoms. The first-order chi connectivity index (χ1) is 11.0. The molecule has 23 heavy (non-hydrogen) atoms. The molecule has 3 rings (SSSR count). The topological polar surface area (TPSA) is 63.3 Å². The van der Waals surface area contributed by atoms with E-state index in [0.717, 1.165) is 22.3 Å². The molecule has 3 N–H and O–H groups in total.